The molecule has 1 aromatic carbocycles. The van der Waals surface area contributed by atoms with Gasteiger partial charge in [-0.25, -0.2) is 13.1 Å². The second-order valence-corrected chi connectivity index (χ2v) is 8.82. The van der Waals surface area contributed by atoms with Crippen LogP contribution in [0.4, 0.5) is 0 Å². The van der Waals surface area contributed by atoms with Crippen LogP contribution in [-0.4, -0.2) is 38.2 Å². The molecule has 0 aromatic heterocycles. The molecule has 6 heteroatoms. The van der Waals surface area contributed by atoms with E-state index in [-0.39, 0.29) is 5.25 Å². The van der Waals surface area contributed by atoms with Gasteiger partial charge in [-0.15, -0.1) is 0 Å². The third-order valence-electron chi connectivity index (χ3n) is 4.29. The van der Waals surface area contributed by atoms with Gasteiger partial charge in [0.25, 0.3) is 0 Å². The predicted molar refractivity (Wildman–Crippen MR) is 91.2 cm³/mol. The van der Waals surface area contributed by atoms with Crippen LogP contribution < -0.4 is 4.72 Å². The fourth-order valence-electron chi connectivity index (χ4n) is 2.81. The second-order valence-electron chi connectivity index (χ2n) is 6.49. The van der Waals surface area contributed by atoms with Crippen LogP contribution in [0, 0.1) is 17.2 Å². The largest absolute Gasteiger partial charge is 0.299 e. The van der Waals surface area contributed by atoms with Crippen molar-refractivity contribution in [2.45, 2.75) is 38.5 Å². The van der Waals surface area contributed by atoms with Gasteiger partial charge < -0.3 is 0 Å². The number of piperidine rings is 1. The lowest BCUT2D eigenvalue weighted by molar-refractivity contribution is 0.169. The molecule has 1 aromatic rings. The number of rotatable bonds is 6. The number of nitrogens with zero attached hydrogens (tertiary/aromatic N) is 2. The highest BCUT2D eigenvalue weighted by Gasteiger charge is 2.23. The topological polar surface area (TPSA) is 73.2 Å². The maximum Gasteiger partial charge on any atom is 0.213 e. The molecule has 0 radical (unpaired) electrons. The number of nitrogens with one attached hydrogen (secondary N) is 1. The van der Waals surface area contributed by atoms with Crippen molar-refractivity contribution < 1.29 is 8.42 Å². The minimum Gasteiger partial charge on any atom is -0.299 e. The van der Waals surface area contributed by atoms with Gasteiger partial charge >= 0.3 is 0 Å². The number of sulfonamides is 1. The quantitative estimate of drug-likeness (QED) is 0.864. The van der Waals surface area contributed by atoms with Gasteiger partial charge in [0.15, 0.2) is 0 Å². The maximum absolute atomic E-state index is 11.9. The van der Waals surface area contributed by atoms with Crippen LogP contribution in [0.15, 0.2) is 24.3 Å². The van der Waals surface area contributed by atoms with Gasteiger partial charge in [-0.3, -0.25) is 4.90 Å². The summed E-state index contributed by atoms with van der Waals surface area (Å²) in [5, 5.41) is 8.44. The Hall–Kier alpha value is -1.42. The summed E-state index contributed by atoms with van der Waals surface area (Å²) in [4.78, 5) is 2.36. The Morgan fingerprint density at radius 1 is 1.35 bits per heavy atom. The van der Waals surface area contributed by atoms with Crippen LogP contribution in [0.1, 0.15) is 37.8 Å². The van der Waals surface area contributed by atoms with E-state index in [4.69, 9.17) is 5.26 Å². The number of hydrogen-bond acceptors (Lipinski definition) is 4. The van der Waals surface area contributed by atoms with E-state index < -0.39 is 10.0 Å². The predicted octanol–water partition coefficient (Wildman–Crippen LogP) is 2.10. The monoisotopic (exact) mass is 335 g/mol. The molecule has 0 aliphatic carbocycles. The fourth-order valence-corrected chi connectivity index (χ4v) is 3.61. The minimum atomic E-state index is -3.18. The first kappa shape index (κ1) is 17.9. The van der Waals surface area contributed by atoms with Gasteiger partial charge in [0.2, 0.25) is 10.0 Å². The van der Waals surface area contributed by atoms with Gasteiger partial charge in [0.05, 0.1) is 16.9 Å². The molecule has 2 rings (SSSR count). The van der Waals surface area contributed by atoms with E-state index in [0.29, 0.717) is 18.0 Å². The van der Waals surface area contributed by atoms with Crippen LogP contribution >= 0.6 is 0 Å². The second kappa shape index (κ2) is 7.91. The molecule has 0 spiro atoms. The molecule has 0 bridgehead atoms. The average Bonchev–Trinajstić information content (AvgIpc) is 2.54. The van der Waals surface area contributed by atoms with Crippen LogP contribution in [0.5, 0.6) is 0 Å². The van der Waals surface area contributed by atoms with Crippen molar-refractivity contribution in [1.29, 1.82) is 5.26 Å². The van der Waals surface area contributed by atoms with Crippen molar-refractivity contribution in [3.05, 3.63) is 35.4 Å². The van der Waals surface area contributed by atoms with E-state index >= 15 is 0 Å². The van der Waals surface area contributed by atoms with E-state index in [1.165, 1.54) is 5.56 Å². The highest BCUT2D eigenvalue weighted by atomic mass is 32.2. The molecule has 0 amide bonds. The van der Waals surface area contributed by atoms with Gasteiger partial charge in [-0.2, -0.15) is 5.26 Å². The van der Waals surface area contributed by atoms with E-state index in [9.17, 15) is 8.42 Å². The van der Waals surface area contributed by atoms with Gasteiger partial charge in [-0.1, -0.05) is 12.1 Å². The Morgan fingerprint density at radius 3 is 2.65 bits per heavy atom. The van der Waals surface area contributed by atoms with Crippen molar-refractivity contribution in [1.82, 2.24) is 9.62 Å². The normalized spacial score (nSPS) is 19.7. The molecule has 5 nitrogen and oxygen atoms in total. The number of benzene rings is 1. The summed E-state index contributed by atoms with van der Waals surface area (Å²) in [5.41, 5.74) is 1.86. The highest BCUT2D eigenvalue weighted by molar-refractivity contribution is 7.90. The standard InChI is InChI=1S/C17H25N3O2S/c1-14(2)23(21,22)19-11-17-4-3-9-20(13-17)12-16-7-5-15(10-18)6-8-16/h5-8,14,17,19H,3-4,9,11-13H2,1-2H3/t17-/m1/s1. The summed E-state index contributed by atoms with van der Waals surface area (Å²) in [5.74, 6) is 0.357. The Balaban J connectivity index is 1.87. The van der Waals surface area contributed by atoms with E-state index in [2.05, 4.69) is 15.7 Å². The Kier molecular flexibility index (Phi) is 6.17. The molecule has 1 aliphatic rings. The van der Waals surface area contributed by atoms with Crippen molar-refractivity contribution >= 4 is 10.0 Å². The molecule has 126 valence electrons. The summed E-state index contributed by atoms with van der Waals surface area (Å²) in [7, 11) is -3.18. The molecule has 1 atom stereocenters. The summed E-state index contributed by atoms with van der Waals surface area (Å²) in [6.45, 7) is 6.69. The third-order valence-corrected chi connectivity index (χ3v) is 6.10. The maximum atomic E-state index is 11.9. The van der Waals surface area contributed by atoms with Crippen molar-refractivity contribution in [3.8, 4) is 6.07 Å². The van der Waals surface area contributed by atoms with Crippen LogP contribution in [0.2, 0.25) is 0 Å². The highest BCUT2D eigenvalue weighted by Crippen LogP contribution is 2.18. The number of likely N-dealkylation sites (tertiary alicyclic amines) is 1. The molecule has 1 heterocycles. The van der Waals surface area contributed by atoms with E-state index in [0.717, 1.165) is 32.5 Å². The first-order chi connectivity index (χ1) is 10.9. The lowest BCUT2D eigenvalue weighted by Crippen LogP contribution is -2.42. The van der Waals surface area contributed by atoms with Crippen molar-refractivity contribution in [2.75, 3.05) is 19.6 Å². The Labute approximate surface area is 139 Å². The van der Waals surface area contributed by atoms with Crippen LogP contribution in [0.3, 0.4) is 0 Å². The minimum absolute atomic E-state index is 0.357. The number of hydrogen-bond donors (Lipinski definition) is 1. The molecule has 23 heavy (non-hydrogen) atoms. The zero-order valence-corrected chi connectivity index (χ0v) is 14.6. The molecular weight excluding hydrogens is 310 g/mol. The van der Waals surface area contributed by atoms with Crippen molar-refractivity contribution in [2.24, 2.45) is 5.92 Å². The Morgan fingerprint density at radius 2 is 2.04 bits per heavy atom. The lowest BCUT2D eigenvalue weighted by Gasteiger charge is -2.33. The molecular formula is C17H25N3O2S. The molecule has 0 saturated carbocycles. The third kappa shape index (κ3) is 5.31. The molecule has 1 fully saturated rings. The molecule has 1 saturated heterocycles. The zero-order valence-electron chi connectivity index (χ0n) is 13.8. The molecule has 1 N–H and O–H groups in total. The smallest absolute Gasteiger partial charge is 0.213 e. The van der Waals surface area contributed by atoms with Gasteiger partial charge in [0.1, 0.15) is 0 Å². The van der Waals surface area contributed by atoms with Crippen molar-refractivity contribution in [3.63, 3.8) is 0 Å². The fraction of sp³-hybridized carbons (Fsp3) is 0.588. The molecule has 0 unspecified atom stereocenters. The van der Waals surface area contributed by atoms with E-state index in [1.54, 1.807) is 13.8 Å². The van der Waals surface area contributed by atoms with E-state index in [1.807, 2.05) is 24.3 Å². The van der Waals surface area contributed by atoms with Gasteiger partial charge in [-0.05, 0) is 56.8 Å². The summed E-state index contributed by atoms with van der Waals surface area (Å²) < 4.78 is 26.4. The number of nitriles is 1. The zero-order chi connectivity index (χ0) is 16.9. The summed E-state index contributed by atoms with van der Waals surface area (Å²) >= 11 is 0. The van der Waals surface area contributed by atoms with Gasteiger partial charge in [0, 0.05) is 19.6 Å². The first-order valence-electron chi connectivity index (χ1n) is 8.10. The molecule has 1 aliphatic heterocycles. The summed E-state index contributed by atoms with van der Waals surface area (Å²) in [6.07, 6.45) is 2.15. The average molecular weight is 335 g/mol. The van der Waals surface area contributed by atoms with Crippen LogP contribution in [-0.2, 0) is 16.6 Å². The Bertz CT molecular complexity index is 647. The summed E-state index contributed by atoms with van der Waals surface area (Å²) in [6, 6.07) is 9.79. The van der Waals surface area contributed by atoms with Crippen LogP contribution in [0.25, 0.3) is 0 Å². The SMILES string of the molecule is CC(C)S(=O)(=O)NC[C@H]1CCCN(Cc2ccc(C#N)cc2)C1. The first-order valence-corrected chi connectivity index (χ1v) is 9.65. The lowest BCUT2D eigenvalue weighted by atomic mass is 9.98.